The number of hydrogen-bond acceptors (Lipinski definition) is 6. The van der Waals surface area contributed by atoms with Gasteiger partial charge in [-0.25, -0.2) is 9.50 Å². The van der Waals surface area contributed by atoms with Gasteiger partial charge in [-0.3, -0.25) is 9.48 Å². The van der Waals surface area contributed by atoms with Gasteiger partial charge in [-0.2, -0.15) is 10.2 Å². The first kappa shape index (κ1) is 16.2. The lowest BCUT2D eigenvalue weighted by Gasteiger charge is -2.27. The van der Waals surface area contributed by atoms with Crippen LogP contribution >= 0.6 is 0 Å². The van der Waals surface area contributed by atoms with Crippen molar-refractivity contribution < 1.29 is 9.53 Å². The van der Waals surface area contributed by atoms with Crippen LogP contribution < -0.4 is 15.4 Å². The highest BCUT2D eigenvalue weighted by atomic mass is 16.5. The number of hydrogen-bond donors (Lipinski definition) is 2. The lowest BCUT2D eigenvalue weighted by molar-refractivity contribution is -0.117. The molecule has 0 bridgehead atoms. The number of nitrogens with one attached hydrogen (secondary N) is 2. The molecule has 9 nitrogen and oxygen atoms in total. The largest absolute Gasteiger partial charge is 0.488 e. The fraction of sp³-hybridized carbons (Fsp3) is 0.444. The molecule has 2 N–H and O–H groups in total. The van der Waals surface area contributed by atoms with Crippen molar-refractivity contribution in [2.45, 2.75) is 25.3 Å². The molecule has 0 spiro atoms. The number of imidazole rings is 1. The molecule has 4 heterocycles. The van der Waals surface area contributed by atoms with E-state index in [9.17, 15) is 4.79 Å². The van der Waals surface area contributed by atoms with Gasteiger partial charge in [-0.05, 0) is 37.9 Å². The molecule has 1 saturated heterocycles. The molecule has 27 heavy (non-hydrogen) atoms. The van der Waals surface area contributed by atoms with Crippen LogP contribution in [0.4, 0.5) is 5.82 Å². The third-order valence-corrected chi connectivity index (χ3v) is 5.03. The molecule has 3 aromatic rings. The monoisotopic (exact) mass is 367 g/mol. The molecule has 3 aromatic heterocycles. The molecule has 0 aromatic carbocycles. The summed E-state index contributed by atoms with van der Waals surface area (Å²) in [6.07, 6.45) is 6.50. The van der Waals surface area contributed by atoms with Crippen LogP contribution in [0.2, 0.25) is 0 Å². The molecule has 0 unspecified atom stereocenters. The molecule has 2 aliphatic rings. The summed E-state index contributed by atoms with van der Waals surface area (Å²) in [5.74, 6) is 1.40. The van der Waals surface area contributed by atoms with Gasteiger partial charge in [0.1, 0.15) is 18.0 Å². The SMILES string of the molecule is Cn1ncc(OC[C@H]2CCN2)c1-c1ccc2nc(NC(=O)C3CC3)cn2n1. The summed E-state index contributed by atoms with van der Waals surface area (Å²) in [4.78, 5) is 16.4. The summed E-state index contributed by atoms with van der Waals surface area (Å²) in [6.45, 7) is 1.66. The molecule has 140 valence electrons. The van der Waals surface area contributed by atoms with Crippen molar-refractivity contribution >= 4 is 17.4 Å². The van der Waals surface area contributed by atoms with Gasteiger partial charge in [0.05, 0.1) is 12.4 Å². The highest BCUT2D eigenvalue weighted by Crippen LogP contribution is 2.31. The zero-order valence-electron chi connectivity index (χ0n) is 15.1. The average molecular weight is 367 g/mol. The summed E-state index contributed by atoms with van der Waals surface area (Å²) >= 11 is 0. The molecule has 1 atom stereocenters. The van der Waals surface area contributed by atoms with Crippen LogP contribution in [0.25, 0.3) is 17.0 Å². The summed E-state index contributed by atoms with van der Waals surface area (Å²) in [6, 6.07) is 4.17. The van der Waals surface area contributed by atoms with Crippen LogP contribution in [0.1, 0.15) is 19.3 Å². The van der Waals surface area contributed by atoms with Crippen molar-refractivity contribution in [2.24, 2.45) is 13.0 Å². The van der Waals surface area contributed by atoms with E-state index in [0.717, 1.165) is 37.2 Å². The third-order valence-electron chi connectivity index (χ3n) is 5.03. The van der Waals surface area contributed by atoms with Gasteiger partial charge in [-0.15, -0.1) is 0 Å². The van der Waals surface area contributed by atoms with E-state index in [2.05, 4.69) is 25.8 Å². The van der Waals surface area contributed by atoms with Crippen molar-refractivity contribution in [3.8, 4) is 17.1 Å². The van der Waals surface area contributed by atoms with Crippen LogP contribution in [-0.4, -0.2) is 49.5 Å². The maximum Gasteiger partial charge on any atom is 0.228 e. The van der Waals surface area contributed by atoms with Crippen molar-refractivity contribution in [1.82, 2.24) is 29.7 Å². The van der Waals surface area contributed by atoms with E-state index in [1.165, 1.54) is 0 Å². The molecule has 9 heteroatoms. The van der Waals surface area contributed by atoms with Crippen molar-refractivity contribution in [3.05, 3.63) is 24.5 Å². The highest BCUT2D eigenvalue weighted by Gasteiger charge is 2.30. The molecule has 1 saturated carbocycles. The van der Waals surface area contributed by atoms with Gasteiger partial charge in [0, 0.05) is 19.0 Å². The molecule has 1 aliphatic carbocycles. The number of ether oxygens (including phenoxy) is 1. The Morgan fingerprint density at radius 3 is 2.96 bits per heavy atom. The Morgan fingerprint density at radius 2 is 2.22 bits per heavy atom. The van der Waals surface area contributed by atoms with E-state index >= 15 is 0 Å². The van der Waals surface area contributed by atoms with Gasteiger partial charge >= 0.3 is 0 Å². The van der Waals surface area contributed by atoms with Crippen LogP contribution in [0.15, 0.2) is 24.5 Å². The number of aryl methyl sites for hydroxylation is 1. The van der Waals surface area contributed by atoms with E-state index in [4.69, 9.17) is 4.74 Å². The fourth-order valence-corrected chi connectivity index (χ4v) is 3.14. The molecule has 1 aliphatic heterocycles. The minimum absolute atomic E-state index is 0.0329. The van der Waals surface area contributed by atoms with Crippen LogP contribution in [0, 0.1) is 5.92 Å². The number of carbonyl (C=O) groups excluding carboxylic acids is 1. The predicted molar refractivity (Wildman–Crippen MR) is 98.4 cm³/mol. The molecule has 1 amide bonds. The second kappa shape index (κ2) is 6.34. The molecule has 2 fully saturated rings. The standard InChI is InChI=1S/C18H21N7O2/c1-24-17(14(8-20-24)27-10-12-6-7-19-12)13-4-5-16-21-15(9-25(16)23-13)22-18(26)11-2-3-11/h4-5,8-9,11-12,19H,2-3,6-7,10H2,1H3,(H,22,26)/t12-/m1/s1. The van der Waals surface area contributed by atoms with E-state index in [0.29, 0.717) is 29.9 Å². The Labute approximate surface area is 155 Å². The highest BCUT2D eigenvalue weighted by molar-refractivity contribution is 5.93. The molecular formula is C18H21N7O2. The molecule has 5 rings (SSSR count). The zero-order chi connectivity index (χ0) is 18.4. The fourth-order valence-electron chi connectivity index (χ4n) is 3.14. The Balaban J connectivity index is 1.41. The van der Waals surface area contributed by atoms with Gasteiger partial charge in [0.25, 0.3) is 0 Å². The predicted octanol–water partition coefficient (Wildman–Crippen LogP) is 1.22. The summed E-state index contributed by atoms with van der Waals surface area (Å²) < 4.78 is 9.37. The topological polar surface area (TPSA) is 98.4 Å². The van der Waals surface area contributed by atoms with E-state index in [1.54, 1.807) is 21.6 Å². The number of anilines is 1. The lowest BCUT2D eigenvalue weighted by Crippen LogP contribution is -2.46. The minimum Gasteiger partial charge on any atom is -0.488 e. The van der Waals surface area contributed by atoms with Gasteiger partial charge in [-0.1, -0.05) is 0 Å². The Kier molecular flexibility index (Phi) is 3.82. The third kappa shape index (κ3) is 3.14. The smallest absolute Gasteiger partial charge is 0.228 e. The van der Waals surface area contributed by atoms with Crippen LogP contribution in [0.5, 0.6) is 5.75 Å². The summed E-state index contributed by atoms with van der Waals surface area (Å²) in [5.41, 5.74) is 2.22. The van der Waals surface area contributed by atoms with Crippen molar-refractivity contribution in [1.29, 1.82) is 0 Å². The quantitative estimate of drug-likeness (QED) is 0.680. The van der Waals surface area contributed by atoms with Gasteiger partial charge in [0.2, 0.25) is 5.91 Å². The Morgan fingerprint density at radius 1 is 1.37 bits per heavy atom. The number of nitrogens with zero attached hydrogens (tertiary/aromatic N) is 5. The number of aromatic nitrogens is 5. The van der Waals surface area contributed by atoms with Crippen molar-refractivity contribution in [3.63, 3.8) is 0 Å². The number of rotatable bonds is 6. The molecule has 0 radical (unpaired) electrons. The van der Waals surface area contributed by atoms with Gasteiger partial charge < -0.3 is 15.4 Å². The number of carbonyl (C=O) groups is 1. The number of amides is 1. The second-order valence-corrected chi connectivity index (χ2v) is 7.14. The van der Waals surface area contributed by atoms with Crippen LogP contribution in [0.3, 0.4) is 0 Å². The number of fused-ring (bicyclic) bond motifs is 1. The maximum absolute atomic E-state index is 11.9. The molecular weight excluding hydrogens is 346 g/mol. The maximum atomic E-state index is 11.9. The van der Waals surface area contributed by atoms with E-state index < -0.39 is 0 Å². The van der Waals surface area contributed by atoms with Crippen molar-refractivity contribution in [2.75, 3.05) is 18.5 Å². The van der Waals surface area contributed by atoms with Gasteiger partial charge in [0.15, 0.2) is 17.2 Å². The normalized spacial score (nSPS) is 19.1. The zero-order valence-corrected chi connectivity index (χ0v) is 15.1. The second-order valence-electron chi connectivity index (χ2n) is 7.14. The Bertz CT molecular complexity index is 1000. The van der Waals surface area contributed by atoms with E-state index in [-0.39, 0.29) is 11.8 Å². The lowest BCUT2D eigenvalue weighted by atomic mass is 10.1. The van der Waals surface area contributed by atoms with E-state index in [1.807, 2.05) is 19.2 Å². The van der Waals surface area contributed by atoms with Crippen LogP contribution in [-0.2, 0) is 11.8 Å². The Hall–Kier alpha value is -2.94. The minimum atomic E-state index is 0.0329. The first-order valence-electron chi connectivity index (χ1n) is 9.23. The first-order valence-corrected chi connectivity index (χ1v) is 9.23. The summed E-state index contributed by atoms with van der Waals surface area (Å²) in [7, 11) is 1.87. The first-order chi connectivity index (χ1) is 13.2. The summed E-state index contributed by atoms with van der Waals surface area (Å²) in [5, 5.41) is 15.1. The average Bonchev–Trinajstić information content (AvgIpc) is 3.29.